The quantitative estimate of drug-likeness (QED) is 0.402. The second kappa shape index (κ2) is 10.0. The molecular weight excluding hydrogens is 387 g/mol. The number of hydrogen-bond donors (Lipinski definition) is 1. The zero-order valence-electron chi connectivity index (χ0n) is 9.77. The Balaban J connectivity index is 0. The van der Waals surface area contributed by atoms with Gasteiger partial charge in [0.05, 0.1) is 18.8 Å². The summed E-state index contributed by atoms with van der Waals surface area (Å²) in [5.41, 5.74) is 14.6. The fraction of sp³-hybridized carbons (Fsp3) is 0.727. The first-order valence-corrected chi connectivity index (χ1v) is 5.25. The van der Waals surface area contributed by atoms with Gasteiger partial charge in [-0.05, 0) is 6.92 Å². The second-order valence-electron chi connectivity index (χ2n) is 3.92. The van der Waals surface area contributed by atoms with E-state index in [1.165, 1.54) is 32.8 Å². The third-order valence-electron chi connectivity index (χ3n) is 2.18. The maximum Gasteiger partial charge on any atom is 4.00 e. The molecule has 0 heterocycles. The standard InChI is InChI=1S/C6H12N2.C5H8O2.Pt/c7-5-3-1-2-4-6(5)8;1-4(6)3-5(2)7;/h5-8H,1-4H2;3,6H,1-2H3;/q-2;;+4/p+1/b;4-3-;. The van der Waals surface area contributed by atoms with E-state index < -0.39 is 0 Å². The predicted molar refractivity (Wildman–Crippen MR) is 63.7 cm³/mol. The van der Waals surface area contributed by atoms with Crippen molar-refractivity contribution >= 4 is 5.78 Å². The number of aliphatic hydroxyl groups excluding tert-OH is 1. The molecule has 0 aromatic rings. The Morgan fingerprint density at radius 1 is 1.19 bits per heavy atom. The topological polar surface area (TPSA) is 89.2 Å². The molecule has 1 aliphatic carbocycles. The number of allylic oxidation sites excluding steroid dienone is 2. The third kappa shape index (κ3) is 10.3. The van der Waals surface area contributed by atoms with Crippen LogP contribution in [0.15, 0.2) is 11.8 Å². The van der Waals surface area contributed by atoms with Crippen LogP contribution in [0.1, 0.15) is 39.5 Å². The minimum atomic E-state index is -0.0799. The van der Waals surface area contributed by atoms with Gasteiger partial charge < -0.3 is 16.6 Å². The molecule has 0 bridgehead atoms. The molecule has 0 radical (unpaired) electrons. The molecule has 0 spiro atoms. The molecule has 1 saturated carbocycles. The molecule has 94 valence electrons. The van der Waals surface area contributed by atoms with Crippen LogP contribution in [0.4, 0.5) is 0 Å². The van der Waals surface area contributed by atoms with Crippen molar-refractivity contribution in [3.8, 4) is 0 Å². The van der Waals surface area contributed by atoms with Gasteiger partial charge in [-0.3, -0.25) is 4.79 Å². The first kappa shape index (κ1) is 18.2. The van der Waals surface area contributed by atoms with Crippen molar-refractivity contribution < 1.29 is 31.0 Å². The molecule has 1 aliphatic rings. The van der Waals surface area contributed by atoms with E-state index >= 15 is 0 Å². The Hall–Kier alpha value is -0.182. The normalized spacial score (nSPS) is 24.9. The van der Waals surface area contributed by atoms with Crippen LogP contribution in [0.25, 0.3) is 11.5 Å². The Morgan fingerprint density at radius 3 is 1.69 bits per heavy atom. The van der Waals surface area contributed by atoms with Crippen molar-refractivity contribution in [2.75, 3.05) is 0 Å². The summed E-state index contributed by atoms with van der Waals surface area (Å²) in [6.07, 6.45) is 5.52. The van der Waals surface area contributed by atoms with Crippen LogP contribution in [0.2, 0.25) is 0 Å². The minimum absolute atomic E-state index is 0. The average Bonchev–Trinajstić information content (AvgIpc) is 2.08. The Kier molecular flexibility index (Phi) is 11.4. The third-order valence-corrected chi connectivity index (χ3v) is 2.18. The maximum absolute atomic E-state index is 8.40. The zero-order chi connectivity index (χ0) is 11.8. The van der Waals surface area contributed by atoms with Crippen LogP contribution in [-0.4, -0.2) is 27.8 Å². The molecular formula is C11H21N2O2Pt+3. The molecule has 0 amide bonds. The van der Waals surface area contributed by atoms with Crippen LogP contribution in [0.5, 0.6) is 0 Å². The summed E-state index contributed by atoms with van der Waals surface area (Å²) >= 11 is 0. The number of nitrogens with one attached hydrogen (secondary N) is 2. The van der Waals surface area contributed by atoms with Gasteiger partial charge in [0.1, 0.15) is 0 Å². The number of aliphatic hydroxyl groups is 1. The van der Waals surface area contributed by atoms with Gasteiger partial charge in [0.25, 0.3) is 0 Å². The minimum Gasteiger partial charge on any atom is -0.676 e. The fourth-order valence-electron chi connectivity index (χ4n) is 1.43. The van der Waals surface area contributed by atoms with Crippen molar-refractivity contribution in [1.29, 1.82) is 0 Å². The fourth-order valence-corrected chi connectivity index (χ4v) is 1.43. The molecule has 2 atom stereocenters. The number of ketones is 1. The van der Waals surface area contributed by atoms with E-state index in [0.717, 1.165) is 12.8 Å². The van der Waals surface area contributed by atoms with Crippen LogP contribution < -0.4 is 0 Å². The molecule has 16 heavy (non-hydrogen) atoms. The average molecular weight is 408 g/mol. The van der Waals surface area contributed by atoms with Gasteiger partial charge in [-0.1, -0.05) is 25.7 Å². The molecule has 0 aromatic heterocycles. The van der Waals surface area contributed by atoms with E-state index in [4.69, 9.17) is 21.4 Å². The maximum atomic E-state index is 8.40. The first-order valence-electron chi connectivity index (χ1n) is 5.25. The summed E-state index contributed by atoms with van der Waals surface area (Å²) in [6, 6.07) is -0.160. The van der Waals surface area contributed by atoms with Crippen molar-refractivity contribution in [2.45, 2.75) is 51.6 Å². The van der Waals surface area contributed by atoms with E-state index in [2.05, 4.69) is 0 Å². The van der Waals surface area contributed by atoms with E-state index in [1.807, 2.05) is 0 Å². The van der Waals surface area contributed by atoms with E-state index in [-0.39, 0.29) is 44.7 Å². The summed E-state index contributed by atoms with van der Waals surface area (Å²) in [4.78, 5) is 8.40. The van der Waals surface area contributed by atoms with Gasteiger partial charge in [-0.25, -0.2) is 0 Å². The van der Waals surface area contributed by atoms with Gasteiger partial charge in [-0.15, -0.1) is 0 Å². The largest absolute Gasteiger partial charge is 4.00 e. The summed E-state index contributed by atoms with van der Waals surface area (Å²) in [5, 5.41) is 8.40. The Morgan fingerprint density at radius 2 is 1.56 bits per heavy atom. The number of hydrogen-bond acceptors (Lipinski definition) is 1. The Labute approximate surface area is 112 Å². The molecule has 2 unspecified atom stereocenters. The van der Waals surface area contributed by atoms with E-state index in [1.54, 1.807) is 0 Å². The molecule has 1 rings (SSSR count). The molecule has 1 fully saturated rings. The van der Waals surface area contributed by atoms with Gasteiger partial charge >= 0.3 is 26.8 Å². The van der Waals surface area contributed by atoms with Crippen molar-refractivity contribution in [2.24, 2.45) is 0 Å². The number of rotatable bonds is 1. The van der Waals surface area contributed by atoms with E-state index in [0.29, 0.717) is 0 Å². The van der Waals surface area contributed by atoms with Gasteiger partial charge in [0.2, 0.25) is 0 Å². The van der Waals surface area contributed by atoms with Crippen LogP contribution in [0.3, 0.4) is 0 Å². The van der Waals surface area contributed by atoms with Crippen LogP contribution >= 0.6 is 0 Å². The molecule has 4 nitrogen and oxygen atoms in total. The second-order valence-corrected chi connectivity index (χ2v) is 3.92. The van der Waals surface area contributed by atoms with Crippen molar-refractivity contribution in [3.05, 3.63) is 23.3 Å². The Bertz CT molecular complexity index is 218. The van der Waals surface area contributed by atoms with Crippen LogP contribution in [0, 0.1) is 0 Å². The van der Waals surface area contributed by atoms with Gasteiger partial charge in [-0.2, -0.15) is 12.1 Å². The summed E-state index contributed by atoms with van der Waals surface area (Å²) in [6.45, 7) is 3.00. The predicted octanol–water partition coefficient (Wildman–Crippen LogP) is 3.41. The first-order chi connectivity index (χ1) is 6.93. The summed E-state index contributed by atoms with van der Waals surface area (Å²) in [7, 11) is 0. The SMILES string of the molecule is CC(=[OH+])/C=C(/C)O.[NH-]C1CCCCC1[NH-].[Pt+4]. The molecule has 4 N–H and O–H groups in total. The number of carbonyl (C=O) groups excluding carboxylic acids is 1. The molecule has 0 aliphatic heterocycles. The van der Waals surface area contributed by atoms with Crippen molar-refractivity contribution in [3.63, 3.8) is 0 Å². The summed E-state index contributed by atoms with van der Waals surface area (Å²) < 4.78 is 0. The van der Waals surface area contributed by atoms with Gasteiger partial charge in [0, 0.05) is 0 Å². The van der Waals surface area contributed by atoms with Crippen molar-refractivity contribution in [1.82, 2.24) is 0 Å². The zero-order valence-corrected chi connectivity index (χ0v) is 12.0. The van der Waals surface area contributed by atoms with E-state index in [9.17, 15) is 0 Å². The smallest absolute Gasteiger partial charge is 0.676 e. The summed E-state index contributed by atoms with van der Waals surface area (Å²) in [5.74, 6) is 0.250. The van der Waals surface area contributed by atoms with Crippen LogP contribution in [-0.2, 0) is 21.1 Å². The van der Waals surface area contributed by atoms with Gasteiger partial charge in [0.15, 0.2) is 0 Å². The molecule has 0 saturated heterocycles. The molecule has 5 heteroatoms. The monoisotopic (exact) mass is 408 g/mol. The molecule has 0 aromatic carbocycles.